The third kappa shape index (κ3) is 5.23. The molecule has 2 aromatic carbocycles. The fourth-order valence-corrected chi connectivity index (χ4v) is 4.15. The highest BCUT2D eigenvalue weighted by molar-refractivity contribution is 14.0. The minimum absolute atomic E-state index is 0. The average Bonchev–Trinajstić information content (AvgIpc) is 3.24. The van der Waals surface area contributed by atoms with E-state index in [0.717, 1.165) is 56.5 Å². The summed E-state index contributed by atoms with van der Waals surface area (Å²) in [5, 5.41) is 3.27. The van der Waals surface area contributed by atoms with Gasteiger partial charge in [-0.3, -0.25) is 9.79 Å². The Bertz CT molecular complexity index is 910. The topological polar surface area (TPSA) is 60.4 Å². The molecule has 2 aliphatic heterocycles. The van der Waals surface area contributed by atoms with Crippen LogP contribution >= 0.6 is 24.0 Å². The van der Waals surface area contributed by atoms with Crippen molar-refractivity contribution in [3.63, 3.8) is 0 Å². The monoisotopic (exact) mass is 535 g/mol. The number of piperazine rings is 1. The van der Waals surface area contributed by atoms with Gasteiger partial charge in [0.2, 0.25) is 5.91 Å². The summed E-state index contributed by atoms with van der Waals surface area (Å²) >= 11 is 0. The molecule has 0 unspecified atom stereocenters. The lowest BCUT2D eigenvalue weighted by atomic mass is 10.2. The first-order chi connectivity index (χ1) is 14.7. The number of benzene rings is 2. The maximum atomic E-state index is 12.8. The van der Waals surface area contributed by atoms with Crippen molar-refractivity contribution in [3.8, 4) is 5.75 Å². The zero-order valence-electron chi connectivity index (χ0n) is 18.1. The molecule has 31 heavy (non-hydrogen) atoms. The van der Waals surface area contributed by atoms with Gasteiger partial charge < -0.3 is 24.8 Å². The molecule has 8 heteroatoms. The molecule has 0 aromatic heterocycles. The second kappa shape index (κ2) is 10.7. The molecule has 4 rings (SSSR count). The van der Waals surface area contributed by atoms with Gasteiger partial charge >= 0.3 is 0 Å². The zero-order valence-corrected chi connectivity index (χ0v) is 20.4. The summed E-state index contributed by atoms with van der Waals surface area (Å²) in [7, 11) is 3.45. The number of guanidine groups is 1. The maximum absolute atomic E-state index is 12.8. The molecule has 1 amide bonds. The number of hydrogen-bond donors (Lipinski definition) is 1. The van der Waals surface area contributed by atoms with Gasteiger partial charge in [-0.1, -0.05) is 18.2 Å². The minimum Gasteiger partial charge on any atom is -0.497 e. The molecule has 0 spiro atoms. The Morgan fingerprint density at radius 3 is 2.42 bits per heavy atom. The Kier molecular flexibility index (Phi) is 8.00. The van der Waals surface area contributed by atoms with Gasteiger partial charge in [0.05, 0.1) is 13.7 Å². The van der Waals surface area contributed by atoms with Gasteiger partial charge in [0.25, 0.3) is 0 Å². The van der Waals surface area contributed by atoms with E-state index in [-0.39, 0.29) is 36.4 Å². The van der Waals surface area contributed by atoms with Crippen LogP contribution in [0.25, 0.3) is 0 Å². The number of aliphatic imine (C=N–C) groups is 1. The summed E-state index contributed by atoms with van der Waals surface area (Å²) in [6, 6.07) is 16.3. The molecule has 7 nitrogen and oxygen atoms in total. The van der Waals surface area contributed by atoms with Gasteiger partial charge in [-0.2, -0.15) is 0 Å². The van der Waals surface area contributed by atoms with E-state index < -0.39 is 0 Å². The van der Waals surface area contributed by atoms with Gasteiger partial charge in [-0.25, -0.2) is 0 Å². The lowest BCUT2D eigenvalue weighted by Crippen LogP contribution is -2.54. The summed E-state index contributed by atoms with van der Waals surface area (Å²) < 4.78 is 5.24. The molecule has 1 fully saturated rings. The van der Waals surface area contributed by atoms with Crippen LogP contribution in [0.4, 0.5) is 11.4 Å². The molecule has 2 aliphatic rings. The third-order valence-electron chi connectivity index (χ3n) is 5.81. The molecule has 0 aliphatic carbocycles. The number of carbonyl (C=O) groups is 1. The predicted molar refractivity (Wildman–Crippen MR) is 136 cm³/mol. The van der Waals surface area contributed by atoms with Crippen molar-refractivity contribution in [1.82, 2.24) is 10.2 Å². The van der Waals surface area contributed by atoms with Gasteiger partial charge in [-0.05, 0) is 42.3 Å². The molecular weight excluding hydrogens is 505 g/mol. The number of carbonyl (C=O) groups excluding carboxylic acids is 1. The van der Waals surface area contributed by atoms with E-state index in [1.54, 1.807) is 14.2 Å². The Labute approximate surface area is 201 Å². The van der Waals surface area contributed by atoms with E-state index in [4.69, 9.17) is 4.74 Å². The summed E-state index contributed by atoms with van der Waals surface area (Å²) in [5.74, 6) is 1.73. The summed E-state index contributed by atoms with van der Waals surface area (Å²) in [6.07, 6.45) is 0.921. The Balaban J connectivity index is 0.00000272. The molecule has 1 saturated heterocycles. The van der Waals surface area contributed by atoms with Crippen LogP contribution in [0.2, 0.25) is 0 Å². The van der Waals surface area contributed by atoms with Crippen molar-refractivity contribution in [2.75, 3.05) is 63.2 Å². The molecular formula is C23H30IN5O2. The van der Waals surface area contributed by atoms with Crippen LogP contribution in [-0.4, -0.2) is 70.2 Å². The number of rotatable bonds is 4. The fourth-order valence-electron chi connectivity index (χ4n) is 4.15. The van der Waals surface area contributed by atoms with Crippen LogP contribution in [0.1, 0.15) is 5.56 Å². The van der Waals surface area contributed by atoms with E-state index in [0.29, 0.717) is 0 Å². The van der Waals surface area contributed by atoms with Gasteiger partial charge in [-0.15, -0.1) is 24.0 Å². The number of hydrogen-bond acceptors (Lipinski definition) is 4. The highest BCUT2D eigenvalue weighted by Crippen LogP contribution is 2.27. The smallest absolute Gasteiger partial charge is 0.246 e. The largest absolute Gasteiger partial charge is 0.497 e. The highest BCUT2D eigenvalue weighted by Gasteiger charge is 2.25. The lowest BCUT2D eigenvalue weighted by molar-refractivity contribution is -0.117. The van der Waals surface area contributed by atoms with Gasteiger partial charge in [0, 0.05) is 51.1 Å². The third-order valence-corrected chi connectivity index (χ3v) is 5.81. The molecule has 0 atom stereocenters. The van der Waals surface area contributed by atoms with Crippen LogP contribution in [0.15, 0.2) is 53.5 Å². The SMILES string of the molecule is CN=C(NCC(=O)N1CCc2ccccc21)N1CCN(c2ccc(OC)cc2)CC1.I. The van der Waals surface area contributed by atoms with Crippen molar-refractivity contribution in [1.29, 1.82) is 0 Å². The Morgan fingerprint density at radius 1 is 1.03 bits per heavy atom. The second-order valence-corrected chi connectivity index (χ2v) is 7.50. The molecule has 1 N–H and O–H groups in total. The van der Waals surface area contributed by atoms with Gasteiger partial charge in [0.1, 0.15) is 5.75 Å². The second-order valence-electron chi connectivity index (χ2n) is 7.50. The first-order valence-electron chi connectivity index (χ1n) is 10.4. The van der Waals surface area contributed by atoms with E-state index >= 15 is 0 Å². The van der Waals surface area contributed by atoms with Crippen molar-refractivity contribution in [2.24, 2.45) is 4.99 Å². The Hall–Kier alpha value is -2.49. The number of halogens is 1. The van der Waals surface area contributed by atoms with E-state index in [1.807, 2.05) is 35.2 Å². The first-order valence-corrected chi connectivity index (χ1v) is 10.4. The molecule has 2 heterocycles. The number of nitrogens with zero attached hydrogens (tertiary/aromatic N) is 4. The van der Waals surface area contributed by atoms with Crippen LogP contribution < -0.4 is 19.9 Å². The molecule has 0 saturated carbocycles. The fraction of sp³-hybridized carbons (Fsp3) is 0.391. The van der Waals surface area contributed by atoms with Crippen molar-refractivity contribution < 1.29 is 9.53 Å². The van der Waals surface area contributed by atoms with Crippen molar-refractivity contribution >= 4 is 47.2 Å². The molecule has 2 aromatic rings. The van der Waals surface area contributed by atoms with Crippen LogP contribution in [0.3, 0.4) is 0 Å². The number of nitrogens with one attached hydrogen (secondary N) is 1. The van der Waals surface area contributed by atoms with E-state index in [1.165, 1.54) is 11.3 Å². The van der Waals surface area contributed by atoms with Crippen molar-refractivity contribution in [2.45, 2.75) is 6.42 Å². The lowest BCUT2D eigenvalue weighted by Gasteiger charge is -2.37. The maximum Gasteiger partial charge on any atom is 0.246 e. The van der Waals surface area contributed by atoms with E-state index in [9.17, 15) is 4.79 Å². The number of para-hydroxylation sites is 1. The van der Waals surface area contributed by atoms with Crippen LogP contribution in [-0.2, 0) is 11.2 Å². The number of ether oxygens (including phenoxy) is 1. The van der Waals surface area contributed by atoms with E-state index in [2.05, 4.69) is 38.3 Å². The molecule has 0 bridgehead atoms. The van der Waals surface area contributed by atoms with Crippen molar-refractivity contribution in [3.05, 3.63) is 54.1 Å². The number of anilines is 2. The number of amides is 1. The highest BCUT2D eigenvalue weighted by atomic mass is 127. The summed E-state index contributed by atoms with van der Waals surface area (Å²) in [4.78, 5) is 23.6. The minimum atomic E-state index is 0. The number of methoxy groups -OCH3 is 1. The Morgan fingerprint density at radius 2 is 1.74 bits per heavy atom. The van der Waals surface area contributed by atoms with Crippen LogP contribution in [0.5, 0.6) is 5.75 Å². The normalized spacial score (nSPS) is 15.9. The molecule has 166 valence electrons. The quantitative estimate of drug-likeness (QED) is 0.371. The predicted octanol–water partition coefficient (Wildman–Crippen LogP) is 2.60. The van der Waals surface area contributed by atoms with Crippen LogP contribution in [0, 0.1) is 0 Å². The first kappa shape index (κ1) is 23.2. The standard InChI is InChI=1S/C23H29N5O2.HI/c1-24-23(25-17-22(29)28-12-11-18-5-3-4-6-21(18)28)27-15-13-26(14-16-27)19-7-9-20(30-2)10-8-19;/h3-10H,11-17H2,1-2H3,(H,24,25);1H. The average molecular weight is 535 g/mol. The summed E-state index contributed by atoms with van der Waals surface area (Å²) in [6.45, 7) is 4.51. The molecule has 0 radical (unpaired) electrons. The number of fused-ring (bicyclic) bond motifs is 1. The summed E-state index contributed by atoms with van der Waals surface area (Å²) in [5.41, 5.74) is 3.47. The zero-order chi connectivity index (χ0) is 20.9. The van der Waals surface area contributed by atoms with Gasteiger partial charge in [0.15, 0.2) is 5.96 Å².